The zero-order valence-corrected chi connectivity index (χ0v) is 9.74. The van der Waals surface area contributed by atoms with E-state index in [1.807, 2.05) is 22.6 Å². The second-order valence-corrected chi connectivity index (χ2v) is 4.25. The van der Waals surface area contributed by atoms with Crippen molar-refractivity contribution in [3.63, 3.8) is 0 Å². The van der Waals surface area contributed by atoms with Gasteiger partial charge < -0.3 is 5.32 Å². The van der Waals surface area contributed by atoms with Crippen molar-refractivity contribution >= 4 is 39.9 Å². The molecule has 0 heterocycles. The van der Waals surface area contributed by atoms with Gasteiger partial charge in [-0.05, 0) is 40.8 Å². The third kappa shape index (κ3) is 3.91. The zero-order chi connectivity index (χ0) is 10.8. The van der Waals surface area contributed by atoms with Crippen LogP contribution >= 0.6 is 34.2 Å². The van der Waals surface area contributed by atoms with Crippen LogP contribution in [0.15, 0.2) is 18.2 Å². The van der Waals surface area contributed by atoms with Gasteiger partial charge in [0.2, 0.25) is 0 Å². The number of hydrogen-bond donors (Lipinski definition) is 1. The summed E-state index contributed by atoms with van der Waals surface area (Å²) in [5, 5.41) is 2.51. The Bertz CT molecular complexity index is 327. The highest BCUT2D eigenvalue weighted by Crippen LogP contribution is 2.25. The fourth-order valence-corrected chi connectivity index (χ4v) is 1.75. The van der Waals surface area contributed by atoms with Crippen LogP contribution in [0.5, 0.6) is 0 Å². The highest BCUT2D eigenvalue weighted by molar-refractivity contribution is 14.1. The first-order valence-corrected chi connectivity index (χ1v) is 5.10. The van der Waals surface area contributed by atoms with Crippen molar-refractivity contribution in [1.82, 2.24) is 0 Å². The summed E-state index contributed by atoms with van der Waals surface area (Å²) in [6.45, 7) is -1.08. The minimum absolute atomic E-state index is 0.293. The number of benzene rings is 1. The lowest BCUT2D eigenvalue weighted by Crippen LogP contribution is -2.21. The Kier molecular flexibility index (Phi) is 3.88. The van der Waals surface area contributed by atoms with E-state index in [-0.39, 0.29) is 0 Å². The number of nitrogens with one attached hydrogen (secondary N) is 1. The molecule has 0 aliphatic heterocycles. The smallest absolute Gasteiger partial charge is 0.375 e. The van der Waals surface area contributed by atoms with Gasteiger partial charge in [0.05, 0.1) is 10.7 Å². The maximum Gasteiger partial charge on any atom is 0.405 e. The van der Waals surface area contributed by atoms with Crippen molar-refractivity contribution in [2.45, 2.75) is 6.18 Å². The molecule has 0 spiro atoms. The summed E-state index contributed by atoms with van der Waals surface area (Å²) in [7, 11) is 0. The van der Waals surface area contributed by atoms with Gasteiger partial charge in [0.25, 0.3) is 0 Å². The topological polar surface area (TPSA) is 12.0 Å². The van der Waals surface area contributed by atoms with Gasteiger partial charge in [-0.25, -0.2) is 0 Å². The molecule has 1 rings (SSSR count). The summed E-state index contributed by atoms with van der Waals surface area (Å²) >= 11 is 7.76. The molecule has 0 aromatic heterocycles. The van der Waals surface area contributed by atoms with Crippen molar-refractivity contribution in [3.8, 4) is 0 Å². The Labute approximate surface area is 97.8 Å². The fourth-order valence-electron chi connectivity index (χ4n) is 0.828. The quantitative estimate of drug-likeness (QED) is 0.808. The predicted octanol–water partition coefficient (Wildman–Crippen LogP) is 3.92. The van der Waals surface area contributed by atoms with Gasteiger partial charge in [0.15, 0.2) is 0 Å². The van der Waals surface area contributed by atoms with Gasteiger partial charge in [-0.1, -0.05) is 11.6 Å². The van der Waals surface area contributed by atoms with Crippen LogP contribution in [0.4, 0.5) is 18.9 Å². The molecule has 0 saturated carbocycles. The van der Waals surface area contributed by atoms with Gasteiger partial charge in [0.1, 0.15) is 6.54 Å². The van der Waals surface area contributed by atoms with Crippen LogP contribution < -0.4 is 5.32 Å². The Morgan fingerprint density at radius 1 is 1.36 bits per heavy atom. The first-order chi connectivity index (χ1) is 6.38. The molecule has 0 atom stereocenters. The van der Waals surface area contributed by atoms with Crippen LogP contribution in [-0.4, -0.2) is 12.7 Å². The highest BCUT2D eigenvalue weighted by Gasteiger charge is 2.26. The number of anilines is 1. The van der Waals surface area contributed by atoms with E-state index < -0.39 is 12.7 Å². The molecule has 0 bridgehead atoms. The normalized spacial score (nSPS) is 11.5. The molecule has 1 N–H and O–H groups in total. The average Bonchev–Trinajstić information content (AvgIpc) is 2.00. The predicted molar refractivity (Wildman–Crippen MR) is 58.7 cm³/mol. The zero-order valence-electron chi connectivity index (χ0n) is 6.83. The molecule has 0 radical (unpaired) electrons. The summed E-state index contributed by atoms with van der Waals surface area (Å²) in [6.07, 6.45) is -4.23. The van der Waals surface area contributed by atoms with Gasteiger partial charge in [-0.15, -0.1) is 0 Å². The van der Waals surface area contributed by atoms with E-state index in [1.54, 1.807) is 12.1 Å². The van der Waals surface area contributed by atoms with Crippen LogP contribution in [-0.2, 0) is 0 Å². The average molecular weight is 335 g/mol. The van der Waals surface area contributed by atoms with Gasteiger partial charge in [-0.2, -0.15) is 13.2 Å². The largest absolute Gasteiger partial charge is 0.405 e. The Morgan fingerprint density at radius 3 is 2.50 bits per heavy atom. The Hall–Kier alpha value is -0.170. The lowest BCUT2D eigenvalue weighted by Gasteiger charge is -2.10. The van der Waals surface area contributed by atoms with E-state index >= 15 is 0 Å². The van der Waals surface area contributed by atoms with Crippen LogP contribution in [0.25, 0.3) is 0 Å². The Balaban J connectivity index is 2.68. The van der Waals surface area contributed by atoms with E-state index in [1.165, 1.54) is 6.07 Å². The maximum absolute atomic E-state index is 11.8. The SMILES string of the molecule is FC(F)(F)CNc1ccc(I)cc1Cl. The molecule has 78 valence electrons. The molecule has 0 fully saturated rings. The lowest BCUT2D eigenvalue weighted by molar-refractivity contribution is -0.115. The second kappa shape index (κ2) is 4.57. The van der Waals surface area contributed by atoms with E-state index in [2.05, 4.69) is 5.32 Å². The first kappa shape index (κ1) is 11.9. The molecule has 6 heteroatoms. The number of rotatable bonds is 2. The number of halogens is 5. The Morgan fingerprint density at radius 2 is 2.00 bits per heavy atom. The summed E-state index contributed by atoms with van der Waals surface area (Å²) in [5.74, 6) is 0. The van der Waals surface area contributed by atoms with Gasteiger partial charge in [-0.3, -0.25) is 0 Å². The molecule has 0 unspecified atom stereocenters. The second-order valence-electron chi connectivity index (χ2n) is 2.59. The van der Waals surface area contributed by atoms with E-state index in [0.717, 1.165) is 3.57 Å². The fraction of sp³-hybridized carbons (Fsp3) is 0.250. The summed E-state index contributed by atoms with van der Waals surface area (Å²) in [4.78, 5) is 0. The van der Waals surface area contributed by atoms with Crippen molar-refractivity contribution < 1.29 is 13.2 Å². The van der Waals surface area contributed by atoms with Gasteiger partial charge in [0, 0.05) is 3.57 Å². The molecular formula is C8H6ClF3IN. The maximum atomic E-state index is 11.8. The van der Waals surface area contributed by atoms with E-state index in [9.17, 15) is 13.2 Å². The summed E-state index contributed by atoms with van der Waals surface area (Å²) in [5.41, 5.74) is 0.296. The first-order valence-electron chi connectivity index (χ1n) is 3.64. The van der Waals surface area contributed by atoms with E-state index in [4.69, 9.17) is 11.6 Å². The van der Waals surface area contributed by atoms with Crippen molar-refractivity contribution in [3.05, 3.63) is 26.8 Å². The molecule has 0 saturated heterocycles. The van der Waals surface area contributed by atoms with Crippen molar-refractivity contribution in [1.29, 1.82) is 0 Å². The monoisotopic (exact) mass is 335 g/mol. The number of hydrogen-bond acceptors (Lipinski definition) is 1. The van der Waals surface area contributed by atoms with Crippen LogP contribution in [0.1, 0.15) is 0 Å². The molecule has 0 amide bonds. The number of alkyl halides is 3. The minimum Gasteiger partial charge on any atom is -0.375 e. The van der Waals surface area contributed by atoms with Crippen LogP contribution in [0.2, 0.25) is 5.02 Å². The van der Waals surface area contributed by atoms with Crippen molar-refractivity contribution in [2.75, 3.05) is 11.9 Å². The molecule has 1 aromatic rings. The standard InChI is InChI=1S/C8H6ClF3IN/c9-6-3-5(13)1-2-7(6)14-4-8(10,11)12/h1-3,14H,4H2. The van der Waals surface area contributed by atoms with Crippen molar-refractivity contribution in [2.24, 2.45) is 0 Å². The molecule has 0 aliphatic rings. The molecule has 1 nitrogen and oxygen atoms in total. The summed E-state index contributed by atoms with van der Waals surface area (Å²) < 4.78 is 36.4. The van der Waals surface area contributed by atoms with E-state index in [0.29, 0.717) is 10.7 Å². The lowest BCUT2D eigenvalue weighted by atomic mass is 10.3. The molecular weight excluding hydrogens is 329 g/mol. The third-order valence-electron chi connectivity index (χ3n) is 1.41. The highest BCUT2D eigenvalue weighted by atomic mass is 127. The molecule has 1 aromatic carbocycles. The minimum atomic E-state index is -4.23. The molecule has 14 heavy (non-hydrogen) atoms. The van der Waals surface area contributed by atoms with Crippen LogP contribution in [0, 0.1) is 3.57 Å². The molecule has 0 aliphatic carbocycles. The third-order valence-corrected chi connectivity index (χ3v) is 2.39. The summed E-state index contributed by atoms with van der Waals surface area (Å²) in [6, 6.07) is 4.81. The van der Waals surface area contributed by atoms with Crippen LogP contribution in [0.3, 0.4) is 0 Å². The van der Waals surface area contributed by atoms with Gasteiger partial charge >= 0.3 is 6.18 Å².